The van der Waals surface area contributed by atoms with E-state index >= 15 is 0 Å². The van der Waals surface area contributed by atoms with E-state index in [0.29, 0.717) is 23.0 Å². The first-order valence-corrected chi connectivity index (χ1v) is 14.3. The Balaban J connectivity index is 1.41. The molecule has 1 aliphatic carbocycles. The summed E-state index contributed by atoms with van der Waals surface area (Å²) >= 11 is 13.0. The number of benzene rings is 1. The van der Waals surface area contributed by atoms with Crippen LogP contribution in [0.5, 0.6) is 0 Å². The molecule has 3 aliphatic rings. The minimum Gasteiger partial charge on any atom is -0.370 e. The molecule has 0 amide bonds. The number of anilines is 2. The van der Waals surface area contributed by atoms with Crippen molar-refractivity contribution in [2.45, 2.75) is 65.1 Å². The van der Waals surface area contributed by atoms with Crippen LogP contribution in [0.2, 0.25) is 5.02 Å². The first-order chi connectivity index (χ1) is 17.8. The van der Waals surface area contributed by atoms with E-state index in [9.17, 15) is 0 Å². The molecule has 6 rings (SSSR count). The van der Waals surface area contributed by atoms with Gasteiger partial charge >= 0.3 is 0 Å². The molecule has 0 bridgehead atoms. The molecule has 194 valence electrons. The number of thiocarbonyl (C=S) groups is 1. The Morgan fingerprint density at radius 2 is 1.78 bits per heavy atom. The minimum absolute atomic E-state index is 0.0157. The number of hydrogen-bond acceptors (Lipinski definition) is 3. The van der Waals surface area contributed by atoms with E-state index in [1.54, 1.807) is 0 Å². The van der Waals surface area contributed by atoms with Gasteiger partial charge in [0, 0.05) is 42.4 Å². The van der Waals surface area contributed by atoms with Crippen LogP contribution in [0.25, 0.3) is 0 Å². The monoisotopic (exact) mass is 533 g/mol. The van der Waals surface area contributed by atoms with Crippen LogP contribution in [0.1, 0.15) is 73.9 Å². The van der Waals surface area contributed by atoms with Crippen LogP contribution in [0, 0.1) is 25.7 Å². The smallest absolute Gasteiger partial charge is 0.174 e. The predicted molar refractivity (Wildman–Crippen MR) is 157 cm³/mol. The Kier molecular flexibility index (Phi) is 6.44. The SMILES string of the molecule is Cc1cc([C@H]2[C@H](c3ccccn3)NC(=S)N2c2ccc(N3C[C@H](C)C[C@H](C)C3)c(Cl)c2)c(C)n1C1CC1. The highest BCUT2D eigenvalue weighted by Gasteiger charge is 2.43. The third-order valence-corrected chi connectivity index (χ3v) is 8.89. The second-order valence-electron chi connectivity index (χ2n) is 11.4. The van der Waals surface area contributed by atoms with Crippen molar-refractivity contribution in [1.29, 1.82) is 0 Å². The maximum absolute atomic E-state index is 6.99. The van der Waals surface area contributed by atoms with Crippen molar-refractivity contribution in [1.82, 2.24) is 14.9 Å². The van der Waals surface area contributed by atoms with Gasteiger partial charge in [0.15, 0.2) is 5.11 Å². The molecule has 3 aromatic rings. The van der Waals surface area contributed by atoms with Crippen LogP contribution in [0.4, 0.5) is 11.4 Å². The second-order valence-corrected chi connectivity index (χ2v) is 12.2. The molecule has 5 nitrogen and oxygen atoms in total. The first kappa shape index (κ1) is 24.7. The van der Waals surface area contributed by atoms with Crippen molar-refractivity contribution in [3.8, 4) is 0 Å². The standard InChI is InChI=1S/C30H36ClN5S/c1-18-13-19(2)17-34(16-18)27-11-10-23(15-25(27)31)36-29(24-14-20(3)35(21(24)4)22-8-9-22)28(33-30(36)37)26-7-5-6-12-32-26/h5-7,10-12,14-15,18-19,22,28-29H,8-9,13,16-17H2,1-4H3,(H,33,37)/t18-,19+,28-,29-/m0/s1. The van der Waals surface area contributed by atoms with E-state index in [1.807, 2.05) is 18.3 Å². The van der Waals surface area contributed by atoms with Gasteiger partial charge in [-0.3, -0.25) is 4.98 Å². The van der Waals surface area contributed by atoms with Gasteiger partial charge in [0.2, 0.25) is 0 Å². The highest BCUT2D eigenvalue weighted by molar-refractivity contribution is 7.80. The van der Waals surface area contributed by atoms with Crippen LogP contribution < -0.4 is 15.1 Å². The second kappa shape index (κ2) is 9.63. The highest BCUT2D eigenvalue weighted by atomic mass is 35.5. The molecule has 1 aromatic carbocycles. The van der Waals surface area contributed by atoms with Crippen LogP contribution in [0.15, 0.2) is 48.7 Å². The van der Waals surface area contributed by atoms with E-state index in [0.717, 1.165) is 35.2 Å². The number of piperidine rings is 1. The van der Waals surface area contributed by atoms with Crippen LogP contribution in [-0.2, 0) is 0 Å². The lowest BCUT2D eigenvalue weighted by Gasteiger charge is -2.37. The summed E-state index contributed by atoms with van der Waals surface area (Å²) in [5.74, 6) is 1.33. The quantitative estimate of drug-likeness (QED) is 0.352. The molecular formula is C30H36ClN5S. The molecule has 3 fully saturated rings. The summed E-state index contributed by atoms with van der Waals surface area (Å²) < 4.78 is 2.51. The van der Waals surface area contributed by atoms with E-state index in [-0.39, 0.29) is 12.1 Å². The molecular weight excluding hydrogens is 498 g/mol. The molecule has 1 N–H and O–H groups in total. The summed E-state index contributed by atoms with van der Waals surface area (Å²) in [7, 11) is 0. The van der Waals surface area contributed by atoms with Gasteiger partial charge in [-0.1, -0.05) is 31.5 Å². The number of pyridine rings is 1. The van der Waals surface area contributed by atoms with Gasteiger partial charge in [0.25, 0.3) is 0 Å². The number of rotatable bonds is 5. The molecule has 2 aliphatic heterocycles. The third-order valence-electron chi connectivity index (χ3n) is 8.27. The topological polar surface area (TPSA) is 36.3 Å². The molecule has 1 saturated carbocycles. The van der Waals surface area contributed by atoms with Gasteiger partial charge in [-0.25, -0.2) is 0 Å². The molecule has 0 spiro atoms. The summed E-state index contributed by atoms with van der Waals surface area (Å²) in [6.45, 7) is 11.2. The normalized spacial score (nSPS) is 26.0. The Hall–Kier alpha value is -2.57. The fourth-order valence-electron chi connectivity index (χ4n) is 6.71. The van der Waals surface area contributed by atoms with Crippen LogP contribution in [-0.4, -0.2) is 27.8 Å². The Morgan fingerprint density at radius 3 is 2.43 bits per heavy atom. The molecule has 37 heavy (non-hydrogen) atoms. The number of nitrogens with zero attached hydrogens (tertiary/aromatic N) is 4. The van der Waals surface area contributed by atoms with Crippen molar-refractivity contribution in [2.24, 2.45) is 11.8 Å². The summed E-state index contributed by atoms with van der Waals surface area (Å²) in [4.78, 5) is 9.43. The van der Waals surface area contributed by atoms with Crippen molar-refractivity contribution < 1.29 is 0 Å². The fourth-order valence-corrected chi connectivity index (χ4v) is 7.35. The van der Waals surface area contributed by atoms with Gasteiger partial charge < -0.3 is 19.7 Å². The largest absolute Gasteiger partial charge is 0.370 e. The van der Waals surface area contributed by atoms with Gasteiger partial charge in [-0.15, -0.1) is 0 Å². The Morgan fingerprint density at radius 1 is 1.03 bits per heavy atom. The van der Waals surface area contributed by atoms with E-state index < -0.39 is 0 Å². The van der Waals surface area contributed by atoms with Crippen LogP contribution in [0.3, 0.4) is 0 Å². The molecule has 0 unspecified atom stereocenters. The maximum Gasteiger partial charge on any atom is 0.174 e. The summed E-state index contributed by atoms with van der Waals surface area (Å²) in [6, 6.07) is 15.5. The zero-order chi connectivity index (χ0) is 25.8. The summed E-state index contributed by atoms with van der Waals surface area (Å²) in [5.41, 5.74) is 7.06. The number of halogens is 1. The van der Waals surface area contributed by atoms with Crippen molar-refractivity contribution in [2.75, 3.05) is 22.9 Å². The van der Waals surface area contributed by atoms with Gasteiger partial charge in [-0.2, -0.15) is 0 Å². The average Bonchev–Trinajstić information content (AvgIpc) is 3.57. The molecule has 2 aromatic heterocycles. The Labute approximate surface area is 230 Å². The van der Waals surface area contributed by atoms with E-state index in [4.69, 9.17) is 28.8 Å². The van der Waals surface area contributed by atoms with Crippen molar-refractivity contribution >= 4 is 40.3 Å². The summed E-state index contributed by atoms with van der Waals surface area (Å²) in [6.07, 6.45) is 5.65. The minimum atomic E-state index is -0.0518. The van der Waals surface area contributed by atoms with E-state index in [1.165, 1.54) is 36.2 Å². The Bertz CT molecular complexity index is 1310. The zero-order valence-electron chi connectivity index (χ0n) is 22.1. The zero-order valence-corrected chi connectivity index (χ0v) is 23.7. The number of aryl methyl sites for hydroxylation is 1. The lowest BCUT2D eigenvalue weighted by atomic mass is 9.91. The molecule has 4 atom stereocenters. The molecule has 7 heteroatoms. The lowest BCUT2D eigenvalue weighted by Crippen LogP contribution is -2.38. The lowest BCUT2D eigenvalue weighted by molar-refractivity contribution is 0.357. The molecule has 2 saturated heterocycles. The summed E-state index contributed by atoms with van der Waals surface area (Å²) in [5, 5.41) is 5.10. The van der Waals surface area contributed by atoms with Crippen molar-refractivity contribution in [3.05, 3.63) is 76.3 Å². The number of hydrogen-bond donors (Lipinski definition) is 1. The molecule has 4 heterocycles. The molecule has 0 radical (unpaired) electrons. The maximum atomic E-state index is 6.99. The average molecular weight is 534 g/mol. The van der Waals surface area contributed by atoms with Crippen LogP contribution >= 0.6 is 23.8 Å². The van der Waals surface area contributed by atoms with Gasteiger partial charge in [-0.05, 0) is 99.1 Å². The number of aromatic nitrogens is 2. The van der Waals surface area contributed by atoms with Crippen molar-refractivity contribution in [3.63, 3.8) is 0 Å². The van der Waals surface area contributed by atoms with E-state index in [2.05, 4.69) is 77.7 Å². The predicted octanol–water partition coefficient (Wildman–Crippen LogP) is 7.15. The highest BCUT2D eigenvalue weighted by Crippen LogP contribution is 2.47. The third kappa shape index (κ3) is 4.52. The first-order valence-electron chi connectivity index (χ1n) is 13.5. The fraction of sp³-hybridized carbons (Fsp3) is 0.467. The number of nitrogens with one attached hydrogen (secondary N) is 1. The van der Waals surface area contributed by atoms with Gasteiger partial charge in [0.05, 0.1) is 28.5 Å². The van der Waals surface area contributed by atoms with Gasteiger partial charge in [0.1, 0.15) is 0 Å².